The van der Waals surface area contributed by atoms with Gasteiger partial charge in [0.1, 0.15) is 11.4 Å². The topological polar surface area (TPSA) is 58.7 Å². The summed E-state index contributed by atoms with van der Waals surface area (Å²) in [4.78, 5) is 19.3. The predicted molar refractivity (Wildman–Crippen MR) is 72.9 cm³/mol. The van der Waals surface area contributed by atoms with E-state index in [1.807, 2.05) is 18.7 Å². The molecule has 96 valence electrons. The number of urea groups is 1. The van der Waals surface area contributed by atoms with E-state index in [1.165, 1.54) is 10.4 Å². The third-order valence-corrected chi connectivity index (χ3v) is 4.89. The van der Waals surface area contributed by atoms with Gasteiger partial charge in [-0.15, -0.1) is 11.3 Å². The third kappa shape index (κ3) is 1.31. The minimum atomic E-state index is -0.473. The number of nitrogens with zero attached hydrogens (tertiary/aromatic N) is 2. The van der Waals surface area contributed by atoms with Gasteiger partial charge < -0.3 is 10.6 Å². The molecule has 1 unspecified atom stereocenters. The Morgan fingerprint density at radius 3 is 3.06 bits per heavy atom. The lowest BCUT2D eigenvalue weighted by atomic mass is 9.78. The van der Waals surface area contributed by atoms with Gasteiger partial charge in [-0.2, -0.15) is 4.99 Å². The van der Waals surface area contributed by atoms with Crippen LogP contribution in [0.15, 0.2) is 16.4 Å². The van der Waals surface area contributed by atoms with E-state index in [2.05, 4.69) is 16.4 Å². The minimum Gasteiger partial charge on any atom is -0.385 e. The largest absolute Gasteiger partial charge is 0.385 e. The molecule has 4 nitrogen and oxygen atoms in total. The highest BCUT2D eigenvalue weighted by molar-refractivity contribution is 7.10. The smallest absolute Gasteiger partial charge is 0.346 e. The molecule has 3 rings (SSSR count). The van der Waals surface area contributed by atoms with Crippen LogP contribution in [0.1, 0.15) is 37.1 Å². The van der Waals surface area contributed by atoms with E-state index in [1.54, 1.807) is 11.3 Å². The zero-order valence-electron chi connectivity index (χ0n) is 10.6. The Morgan fingerprint density at radius 1 is 1.56 bits per heavy atom. The zero-order chi connectivity index (χ0) is 12.9. The first kappa shape index (κ1) is 11.7. The number of carbonyl (C=O) groups is 1. The highest BCUT2D eigenvalue weighted by Gasteiger charge is 2.52. The van der Waals surface area contributed by atoms with Crippen LogP contribution in [0.25, 0.3) is 0 Å². The summed E-state index contributed by atoms with van der Waals surface area (Å²) in [5.74, 6) is 0.473. The van der Waals surface area contributed by atoms with Gasteiger partial charge in [0.25, 0.3) is 0 Å². The molecule has 1 aromatic rings. The summed E-state index contributed by atoms with van der Waals surface area (Å²) in [6.45, 7) is 4.04. The number of amidine groups is 1. The second-order valence-corrected chi connectivity index (χ2v) is 6.22. The Labute approximate surface area is 111 Å². The van der Waals surface area contributed by atoms with Crippen molar-refractivity contribution in [3.63, 3.8) is 0 Å². The van der Waals surface area contributed by atoms with Crippen molar-refractivity contribution in [1.29, 1.82) is 0 Å². The fourth-order valence-electron chi connectivity index (χ4n) is 3.26. The lowest BCUT2D eigenvalue weighted by molar-refractivity contribution is 0.135. The Kier molecular flexibility index (Phi) is 2.48. The van der Waals surface area contributed by atoms with Crippen molar-refractivity contribution in [2.45, 2.75) is 44.7 Å². The molecule has 0 radical (unpaired) electrons. The first-order valence-corrected chi connectivity index (χ1v) is 7.20. The molecule has 1 aromatic heterocycles. The average molecular weight is 263 g/mol. The van der Waals surface area contributed by atoms with E-state index >= 15 is 0 Å². The highest BCUT2D eigenvalue weighted by Crippen LogP contribution is 2.46. The standard InChI is InChI=1S/C13H17N3OS/c1-8(2)16-12(17)15-11(14)13(16)6-3-4-10-9(13)5-7-18-10/h5,7-8H,3-4,6H2,1-2H3,(H2,14,15,17). The number of amides is 2. The average Bonchev–Trinajstić information content (AvgIpc) is 2.84. The summed E-state index contributed by atoms with van der Waals surface area (Å²) < 4.78 is 0. The lowest BCUT2D eigenvalue weighted by Crippen LogP contribution is -2.55. The second kappa shape index (κ2) is 3.82. The molecule has 0 fully saturated rings. The SMILES string of the molecule is CC(C)N1C(=O)N=C(N)C12CCCc1sccc12. The van der Waals surface area contributed by atoms with E-state index in [0.29, 0.717) is 5.84 Å². The summed E-state index contributed by atoms with van der Waals surface area (Å²) in [6, 6.07) is 2.02. The van der Waals surface area contributed by atoms with Crippen LogP contribution < -0.4 is 5.73 Å². The number of hydrogen-bond donors (Lipinski definition) is 1. The molecule has 2 aliphatic rings. The van der Waals surface area contributed by atoms with Gasteiger partial charge in [0.05, 0.1) is 0 Å². The summed E-state index contributed by atoms with van der Waals surface area (Å²) in [7, 11) is 0. The second-order valence-electron chi connectivity index (χ2n) is 5.21. The number of nitrogens with two attached hydrogens (primary N) is 1. The molecule has 1 spiro atoms. The molecule has 18 heavy (non-hydrogen) atoms. The Bertz CT molecular complexity index is 534. The molecular formula is C13H17N3OS. The summed E-state index contributed by atoms with van der Waals surface area (Å²) in [5.41, 5.74) is 6.85. The molecule has 2 heterocycles. The summed E-state index contributed by atoms with van der Waals surface area (Å²) in [6.07, 6.45) is 3.03. The molecule has 1 aliphatic carbocycles. The number of hydrogen-bond acceptors (Lipinski definition) is 3. The normalized spacial score (nSPS) is 26.9. The molecule has 2 amide bonds. The first-order chi connectivity index (χ1) is 8.57. The number of fused-ring (bicyclic) bond motifs is 2. The number of rotatable bonds is 1. The van der Waals surface area contributed by atoms with Crippen LogP contribution in [0.3, 0.4) is 0 Å². The summed E-state index contributed by atoms with van der Waals surface area (Å²) >= 11 is 1.75. The molecular weight excluding hydrogens is 246 g/mol. The van der Waals surface area contributed by atoms with Gasteiger partial charge in [-0.25, -0.2) is 4.79 Å². The Morgan fingerprint density at radius 2 is 2.33 bits per heavy atom. The van der Waals surface area contributed by atoms with Crippen molar-refractivity contribution in [1.82, 2.24) is 4.90 Å². The Balaban J connectivity index is 2.20. The maximum Gasteiger partial charge on any atom is 0.346 e. The fraction of sp³-hybridized carbons (Fsp3) is 0.538. The molecule has 1 aliphatic heterocycles. The quantitative estimate of drug-likeness (QED) is 0.846. The van der Waals surface area contributed by atoms with Crippen LogP contribution in [0.4, 0.5) is 4.79 Å². The van der Waals surface area contributed by atoms with Gasteiger partial charge in [-0.1, -0.05) is 0 Å². The summed E-state index contributed by atoms with van der Waals surface area (Å²) in [5, 5.41) is 2.09. The molecule has 0 saturated carbocycles. The van der Waals surface area contributed by atoms with Crippen molar-refractivity contribution in [3.8, 4) is 0 Å². The van der Waals surface area contributed by atoms with Crippen LogP contribution in [0, 0.1) is 0 Å². The van der Waals surface area contributed by atoms with Crippen LogP contribution >= 0.6 is 11.3 Å². The van der Waals surface area contributed by atoms with Gasteiger partial charge >= 0.3 is 6.03 Å². The van der Waals surface area contributed by atoms with E-state index in [4.69, 9.17) is 5.73 Å². The van der Waals surface area contributed by atoms with Crippen LogP contribution in [0.2, 0.25) is 0 Å². The van der Waals surface area contributed by atoms with Crippen LogP contribution in [-0.4, -0.2) is 22.8 Å². The van der Waals surface area contributed by atoms with E-state index in [9.17, 15) is 4.79 Å². The van der Waals surface area contributed by atoms with Crippen molar-refractivity contribution < 1.29 is 4.79 Å². The van der Waals surface area contributed by atoms with Gasteiger partial charge in [0.2, 0.25) is 0 Å². The predicted octanol–water partition coefficient (Wildman–Crippen LogP) is 2.48. The van der Waals surface area contributed by atoms with Crippen molar-refractivity contribution in [2.75, 3.05) is 0 Å². The number of aryl methyl sites for hydroxylation is 1. The molecule has 0 bridgehead atoms. The van der Waals surface area contributed by atoms with Gasteiger partial charge in [-0.05, 0) is 50.1 Å². The fourth-order valence-corrected chi connectivity index (χ4v) is 4.25. The third-order valence-electron chi connectivity index (χ3n) is 3.91. The first-order valence-electron chi connectivity index (χ1n) is 6.32. The van der Waals surface area contributed by atoms with E-state index in [0.717, 1.165) is 19.3 Å². The van der Waals surface area contributed by atoms with E-state index in [-0.39, 0.29) is 12.1 Å². The lowest BCUT2D eigenvalue weighted by Gasteiger charge is -2.43. The molecule has 0 saturated heterocycles. The molecule has 0 aromatic carbocycles. The molecule has 5 heteroatoms. The zero-order valence-corrected chi connectivity index (χ0v) is 11.5. The number of aliphatic imine (C=N–C) groups is 1. The van der Waals surface area contributed by atoms with Gasteiger partial charge in [0.15, 0.2) is 0 Å². The van der Waals surface area contributed by atoms with Crippen LogP contribution in [0.5, 0.6) is 0 Å². The molecule has 2 N–H and O–H groups in total. The van der Waals surface area contributed by atoms with Gasteiger partial charge in [-0.3, -0.25) is 0 Å². The van der Waals surface area contributed by atoms with Crippen LogP contribution in [-0.2, 0) is 12.0 Å². The van der Waals surface area contributed by atoms with E-state index < -0.39 is 5.54 Å². The van der Waals surface area contributed by atoms with Crippen molar-refractivity contribution in [3.05, 3.63) is 21.9 Å². The Hall–Kier alpha value is -1.36. The maximum absolute atomic E-state index is 12.1. The monoisotopic (exact) mass is 263 g/mol. The van der Waals surface area contributed by atoms with Crippen molar-refractivity contribution >= 4 is 23.2 Å². The number of carbonyl (C=O) groups excluding carboxylic acids is 1. The van der Waals surface area contributed by atoms with Crippen molar-refractivity contribution in [2.24, 2.45) is 10.7 Å². The molecule has 1 atom stereocenters. The minimum absolute atomic E-state index is 0.105. The highest BCUT2D eigenvalue weighted by atomic mass is 32.1. The number of thiophene rings is 1. The van der Waals surface area contributed by atoms with Gasteiger partial charge in [0, 0.05) is 10.9 Å². The maximum atomic E-state index is 12.1.